The summed E-state index contributed by atoms with van der Waals surface area (Å²) >= 11 is 0. The maximum absolute atomic E-state index is 14.0. The van der Waals surface area contributed by atoms with Crippen molar-refractivity contribution in [1.29, 1.82) is 0 Å². The number of pyridine rings is 1. The van der Waals surface area contributed by atoms with Crippen molar-refractivity contribution in [1.82, 2.24) is 9.71 Å². The Labute approximate surface area is 134 Å². The molecule has 1 aliphatic carbocycles. The van der Waals surface area contributed by atoms with Gasteiger partial charge >= 0.3 is 0 Å². The standard InChI is InChI=1S/C16H18F2N2O2S/c1-16(2,18)9-20-23(21,22)14-11-5-3-4-10(11)8-13-12(14)6-7-19-15(13)17/h6-8,20H,3-5,9H2,1-2H3. The maximum atomic E-state index is 14.0. The molecule has 2 aromatic rings. The molecule has 1 aromatic carbocycles. The number of hydrogen-bond donors (Lipinski definition) is 1. The summed E-state index contributed by atoms with van der Waals surface area (Å²) in [6, 6.07) is 3.17. The number of halogens is 2. The van der Waals surface area contributed by atoms with Crippen molar-refractivity contribution in [2.75, 3.05) is 6.54 Å². The second kappa shape index (κ2) is 5.49. The van der Waals surface area contributed by atoms with Gasteiger partial charge in [0.15, 0.2) is 0 Å². The molecule has 0 spiro atoms. The number of rotatable bonds is 4. The molecular formula is C16H18F2N2O2S. The van der Waals surface area contributed by atoms with Gasteiger partial charge in [0.1, 0.15) is 5.67 Å². The molecule has 0 amide bonds. The average Bonchev–Trinajstić information content (AvgIpc) is 2.90. The Balaban J connectivity index is 2.22. The number of fused-ring (bicyclic) bond motifs is 2. The molecular weight excluding hydrogens is 322 g/mol. The van der Waals surface area contributed by atoms with Crippen LogP contribution in [0.25, 0.3) is 10.8 Å². The molecule has 0 atom stereocenters. The zero-order valence-corrected chi connectivity index (χ0v) is 13.8. The molecule has 1 aromatic heterocycles. The Morgan fingerprint density at radius 1 is 1.30 bits per heavy atom. The lowest BCUT2D eigenvalue weighted by atomic mass is 10.0. The largest absolute Gasteiger partial charge is 0.243 e. The van der Waals surface area contributed by atoms with E-state index in [-0.39, 0.29) is 16.8 Å². The van der Waals surface area contributed by atoms with Crippen molar-refractivity contribution < 1.29 is 17.2 Å². The zero-order chi connectivity index (χ0) is 16.8. The van der Waals surface area contributed by atoms with E-state index in [1.165, 1.54) is 26.1 Å². The van der Waals surface area contributed by atoms with E-state index in [4.69, 9.17) is 0 Å². The highest BCUT2D eigenvalue weighted by molar-refractivity contribution is 7.89. The van der Waals surface area contributed by atoms with Gasteiger partial charge in [0.05, 0.1) is 4.90 Å². The normalized spacial score (nSPS) is 15.1. The summed E-state index contributed by atoms with van der Waals surface area (Å²) in [4.78, 5) is 3.66. The Bertz CT molecular complexity index is 874. The lowest BCUT2D eigenvalue weighted by Crippen LogP contribution is -2.35. The van der Waals surface area contributed by atoms with Crippen LogP contribution in [-0.4, -0.2) is 25.6 Å². The van der Waals surface area contributed by atoms with Crippen molar-refractivity contribution in [3.05, 3.63) is 35.4 Å². The SMILES string of the molecule is CC(C)(F)CNS(=O)(=O)c1c2c(cc3c(F)nccc13)CCC2. The highest BCUT2D eigenvalue weighted by atomic mass is 32.2. The van der Waals surface area contributed by atoms with Crippen LogP contribution in [-0.2, 0) is 22.9 Å². The van der Waals surface area contributed by atoms with Crippen LogP contribution in [0.15, 0.2) is 23.2 Å². The second-order valence-corrected chi connectivity index (χ2v) is 8.14. The topological polar surface area (TPSA) is 59.1 Å². The Morgan fingerprint density at radius 2 is 2.04 bits per heavy atom. The predicted molar refractivity (Wildman–Crippen MR) is 84.1 cm³/mol. The Hall–Kier alpha value is -1.60. The first-order valence-electron chi connectivity index (χ1n) is 7.46. The van der Waals surface area contributed by atoms with Crippen molar-refractivity contribution in [3.8, 4) is 0 Å². The van der Waals surface area contributed by atoms with E-state index in [0.717, 1.165) is 12.0 Å². The summed E-state index contributed by atoms with van der Waals surface area (Å²) in [6.45, 7) is 2.26. The zero-order valence-electron chi connectivity index (χ0n) is 13.0. The van der Waals surface area contributed by atoms with Crippen LogP contribution >= 0.6 is 0 Å². The van der Waals surface area contributed by atoms with Crippen LogP contribution in [0.1, 0.15) is 31.4 Å². The van der Waals surface area contributed by atoms with Gasteiger partial charge in [-0.2, -0.15) is 4.39 Å². The third-order valence-electron chi connectivity index (χ3n) is 3.99. The highest BCUT2D eigenvalue weighted by Crippen LogP contribution is 2.35. The monoisotopic (exact) mass is 340 g/mol. The fourth-order valence-corrected chi connectivity index (χ4v) is 4.65. The average molecular weight is 340 g/mol. The molecule has 3 rings (SSSR count). The molecule has 0 unspecified atom stereocenters. The van der Waals surface area contributed by atoms with E-state index in [1.54, 1.807) is 6.07 Å². The number of benzene rings is 1. The molecule has 4 nitrogen and oxygen atoms in total. The first-order valence-corrected chi connectivity index (χ1v) is 8.95. The molecule has 7 heteroatoms. The third-order valence-corrected chi connectivity index (χ3v) is 5.52. The quantitative estimate of drug-likeness (QED) is 0.871. The molecule has 0 fully saturated rings. The van der Waals surface area contributed by atoms with Gasteiger partial charge in [0, 0.05) is 23.5 Å². The Kier molecular flexibility index (Phi) is 3.88. The van der Waals surface area contributed by atoms with Crippen LogP contribution in [0.3, 0.4) is 0 Å². The van der Waals surface area contributed by atoms with Crippen LogP contribution in [0.5, 0.6) is 0 Å². The van der Waals surface area contributed by atoms with Gasteiger partial charge in [-0.05, 0) is 56.4 Å². The predicted octanol–water partition coefficient (Wildman–Crippen LogP) is 2.89. The summed E-state index contributed by atoms with van der Waals surface area (Å²) in [5.74, 6) is -0.695. The number of aromatic nitrogens is 1. The number of nitrogens with zero attached hydrogens (tertiary/aromatic N) is 1. The Morgan fingerprint density at radius 3 is 2.74 bits per heavy atom. The number of nitrogens with one attached hydrogen (secondary N) is 1. The number of hydrogen-bond acceptors (Lipinski definition) is 3. The fourth-order valence-electron chi connectivity index (χ4n) is 2.95. The first-order chi connectivity index (χ1) is 10.7. The molecule has 124 valence electrons. The molecule has 1 aliphatic rings. The van der Waals surface area contributed by atoms with Gasteiger partial charge in [-0.15, -0.1) is 0 Å². The van der Waals surface area contributed by atoms with E-state index in [2.05, 4.69) is 9.71 Å². The summed E-state index contributed by atoms with van der Waals surface area (Å²) in [5.41, 5.74) is -0.148. The van der Waals surface area contributed by atoms with Crippen molar-refractivity contribution >= 4 is 20.8 Å². The van der Waals surface area contributed by atoms with Gasteiger partial charge in [-0.1, -0.05) is 0 Å². The van der Waals surface area contributed by atoms with Crippen LogP contribution in [0.4, 0.5) is 8.78 Å². The van der Waals surface area contributed by atoms with E-state index in [9.17, 15) is 17.2 Å². The molecule has 23 heavy (non-hydrogen) atoms. The molecule has 0 aliphatic heterocycles. The van der Waals surface area contributed by atoms with Gasteiger partial charge in [0.2, 0.25) is 16.0 Å². The molecule has 0 saturated heterocycles. The van der Waals surface area contributed by atoms with E-state index in [0.29, 0.717) is 23.8 Å². The van der Waals surface area contributed by atoms with E-state index < -0.39 is 21.6 Å². The van der Waals surface area contributed by atoms with Gasteiger partial charge < -0.3 is 0 Å². The number of alkyl halides is 1. The number of sulfonamides is 1. The fraction of sp³-hybridized carbons (Fsp3) is 0.438. The first kappa shape index (κ1) is 16.3. The molecule has 0 radical (unpaired) electrons. The summed E-state index contributed by atoms with van der Waals surface area (Å²) in [6.07, 6.45) is 3.39. The van der Waals surface area contributed by atoms with E-state index in [1.807, 2.05) is 0 Å². The van der Waals surface area contributed by atoms with Crippen LogP contribution in [0, 0.1) is 5.95 Å². The van der Waals surface area contributed by atoms with Gasteiger partial charge in [-0.25, -0.2) is 22.5 Å². The van der Waals surface area contributed by atoms with Crippen molar-refractivity contribution in [2.24, 2.45) is 0 Å². The highest BCUT2D eigenvalue weighted by Gasteiger charge is 2.29. The number of aryl methyl sites for hydroxylation is 1. The lowest BCUT2D eigenvalue weighted by molar-refractivity contribution is 0.221. The lowest BCUT2D eigenvalue weighted by Gasteiger charge is -2.18. The maximum Gasteiger partial charge on any atom is 0.241 e. The third kappa shape index (κ3) is 3.07. The van der Waals surface area contributed by atoms with Crippen molar-refractivity contribution in [2.45, 2.75) is 43.7 Å². The van der Waals surface area contributed by atoms with Gasteiger partial charge in [-0.3, -0.25) is 0 Å². The summed E-state index contributed by atoms with van der Waals surface area (Å²) in [5, 5.41) is 0.482. The second-order valence-electron chi connectivity index (χ2n) is 6.44. The minimum atomic E-state index is -3.95. The van der Waals surface area contributed by atoms with E-state index >= 15 is 0 Å². The van der Waals surface area contributed by atoms with Crippen LogP contribution < -0.4 is 4.72 Å². The van der Waals surface area contributed by atoms with Gasteiger partial charge in [0.25, 0.3) is 0 Å². The molecule has 1 N–H and O–H groups in total. The summed E-state index contributed by atoms with van der Waals surface area (Å²) < 4.78 is 55.5. The van der Waals surface area contributed by atoms with Crippen LogP contribution in [0.2, 0.25) is 0 Å². The minimum Gasteiger partial charge on any atom is -0.243 e. The molecule has 0 bridgehead atoms. The summed E-state index contributed by atoms with van der Waals surface area (Å²) in [7, 11) is -3.95. The van der Waals surface area contributed by atoms with Crippen molar-refractivity contribution in [3.63, 3.8) is 0 Å². The molecule has 1 heterocycles. The smallest absolute Gasteiger partial charge is 0.241 e. The molecule has 0 saturated carbocycles. The minimum absolute atomic E-state index is 0.0630.